The molecule has 1 aromatic carbocycles. The Labute approximate surface area is 93.8 Å². The first-order chi connectivity index (χ1) is 7.38. The minimum absolute atomic E-state index is 0.0275. The van der Waals surface area contributed by atoms with Gasteiger partial charge in [-0.15, -0.1) is 0 Å². The molecule has 1 aromatic rings. The summed E-state index contributed by atoms with van der Waals surface area (Å²) in [6.45, 7) is 1.60. The Morgan fingerprint density at radius 3 is 1.87 bits per heavy atom. The van der Waals surface area contributed by atoms with Crippen LogP contribution in [-0.2, 0) is 0 Å². The van der Waals surface area contributed by atoms with E-state index in [4.69, 9.17) is 11.5 Å². The zero-order valence-electron chi connectivity index (χ0n) is 9.23. The molecule has 0 saturated carbocycles. The van der Waals surface area contributed by atoms with Crippen molar-refractivity contribution in [3.63, 3.8) is 0 Å². The maximum absolute atomic E-state index is 5.57. The van der Waals surface area contributed by atoms with Crippen molar-refractivity contribution in [3.8, 4) is 0 Å². The summed E-state index contributed by atoms with van der Waals surface area (Å²) in [7, 11) is -0.0275. The molecule has 0 atom stereocenters. The van der Waals surface area contributed by atoms with Crippen LogP contribution in [0.1, 0.15) is 12.8 Å². The van der Waals surface area contributed by atoms with Crippen molar-refractivity contribution in [2.75, 3.05) is 25.4 Å². The second-order valence-corrected chi connectivity index (χ2v) is 6.10. The summed E-state index contributed by atoms with van der Waals surface area (Å²) in [6.07, 6.45) is 4.75. The van der Waals surface area contributed by atoms with Crippen LogP contribution in [0.4, 0.5) is 0 Å². The van der Waals surface area contributed by atoms with Gasteiger partial charge in [-0.2, -0.15) is 0 Å². The van der Waals surface area contributed by atoms with E-state index in [0.29, 0.717) is 0 Å². The van der Waals surface area contributed by atoms with Gasteiger partial charge in [-0.25, -0.2) is 0 Å². The number of hydrogen-bond acceptors (Lipinski definition) is 2. The van der Waals surface area contributed by atoms with E-state index < -0.39 is 0 Å². The molecule has 0 aromatic heterocycles. The molecule has 0 amide bonds. The van der Waals surface area contributed by atoms with Crippen LogP contribution in [0.25, 0.3) is 0 Å². The van der Waals surface area contributed by atoms with Gasteiger partial charge in [0.1, 0.15) is 0 Å². The summed E-state index contributed by atoms with van der Waals surface area (Å²) in [6, 6.07) is 10.8. The number of nitrogens with two attached hydrogens (primary N) is 2. The van der Waals surface area contributed by atoms with E-state index in [-0.39, 0.29) is 7.92 Å². The van der Waals surface area contributed by atoms with Gasteiger partial charge < -0.3 is 11.5 Å². The Balaban J connectivity index is 2.55. The third-order valence-corrected chi connectivity index (χ3v) is 5.13. The van der Waals surface area contributed by atoms with E-state index in [9.17, 15) is 0 Å². The lowest BCUT2D eigenvalue weighted by atomic mass is 10.4. The number of rotatable bonds is 7. The molecule has 0 radical (unpaired) electrons. The molecular formula is C12H21N2P. The summed E-state index contributed by atoms with van der Waals surface area (Å²) in [5.41, 5.74) is 11.1. The van der Waals surface area contributed by atoms with Crippen LogP contribution in [0.3, 0.4) is 0 Å². The minimum Gasteiger partial charge on any atom is -0.330 e. The van der Waals surface area contributed by atoms with E-state index in [1.807, 2.05) is 0 Å². The quantitative estimate of drug-likeness (QED) is 0.689. The lowest BCUT2D eigenvalue weighted by Crippen LogP contribution is -2.11. The van der Waals surface area contributed by atoms with E-state index in [2.05, 4.69) is 30.3 Å². The summed E-state index contributed by atoms with van der Waals surface area (Å²) < 4.78 is 0. The standard InChI is InChI=1S/C12H21N2P/c13-8-4-10-15(11-5-9-14)12-6-2-1-3-7-12/h1-3,6-7H,4-5,8-11,13-14H2. The lowest BCUT2D eigenvalue weighted by molar-refractivity contribution is 0.916. The molecule has 2 nitrogen and oxygen atoms in total. The first kappa shape index (κ1) is 12.6. The van der Waals surface area contributed by atoms with E-state index >= 15 is 0 Å². The highest BCUT2D eigenvalue weighted by atomic mass is 31.1. The molecule has 1 rings (SSSR count). The van der Waals surface area contributed by atoms with Crippen LogP contribution in [0.2, 0.25) is 0 Å². The Morgan fingerprint density at radius 2 is 1.40 bits per heavy atom. The van der Waals surface area contributed by atoms with Gasteiger partial charge >= 0.3 is 0 Å². The Bertz CT molecular complexity index is 243. The molecule has 0 heterocycles. The van der Waals surface area contributed by atoms with Gasteiger partial charge in [-0.05, 0) is 43.6 Å². The highest BCUT2D eigenvalue weighted by Crippen LogP contribution is 2.35. The third kappa shape index (κ3) is 4.74. The third-order valence-electron chi connectivity index (χ3n) is 2.39. The van der Waals surface area contributed by atoms with Crippen molar-refractivity contribution in [2.45, 2.75) is 12.8 Å². The molecule has 0 saturated heterocycles. The summed E-state index contributed by atoms with van der Waals surface area (Å²) in [5.74, 6) is 0. The van der Waals surface area contributed by atoms with Crippen LogP contribution < -0.4 is 16.8 Å². The second kappa shape index (κ2) is 7.81. The molecule has 0 aliphatic rings. The number of benzene rings is 1. The Morgan fingerprint density at radius 1 is 0.867 bits per heavy atom. The van der Waals surface area contributed by atoms with Crippen LogP contribution in [0.5, 0.6) is 0 Å². The normalized spacial score (nSPS) is 10.9. The minimum atomic E-state index is -0.0275. The zero-order valence-corrected chi connectivity index (χ0v) is 10.1. The van der Waals surface area contributed by atoms with Gasteiger partial charge in [0.2, 0.25) is 0 Å². The van der Waals surface area contributed by atoms with Crippen LogP contribution in [0.15, 0.2) is 30.3 Å². The molecule has 0 aliphatic carbocycles. The van der Waals surface area contributed by atoms with Crippen molar-refractivity contribution in [1.82, 2.24) is 0 Å². The average Bonchev–Trinajstić information content (AvgIpc) is 2.30. The van der Waals surface area contributed by atoms with Gasteiger partial charge in [-0.3, -0.25) is 0 Å². The summed E-state index contributed by atoms with van der Waals surface area (Å²) in [4.78, 5) is 0. The largest absolute Gasteiger partial charge is 0.330 e. The molecule has 0 unspecified atom stereocenters. The fourth-order valence-electron chi connectivity index (χ4n) is 1.57. The molecule has 0 bridgehead atoms. The molecular weight excluding hydrogens is 203 g/mol. The average molecular weight is 224 g/mol. The highest BCUT2D eigenvalue weighted by molar-refractivity contribution is 7.65. The molecule has 0 aliphatic heterocycles. The maximum atomic E-state index is 5.57. The highest BCUT2D eigenvalue weighted by Gasteiger charge is 2.08. The van der Waals surface area contributed by atoms with Crippen molar-refractivity contribution in [3.05, 3.63) is 30.3 Å². The first-order valence-corrected chi connectivity index (χ1v) is 7.30. The number of hydrogen-bond donors (Lipinski definition) is 2. The van der Waals surface area contributed by atoms with Crippen molar-refractivity contribution >= 4 is 13.2 Å². The molecule has 0 spiro atoms. The van der Waals surface area contributed by atoms with Crippen molar-refractivity contribution in [2.24, 2.45) is 11.5 Å². The molecule has 15 heavy (non-hydrogen) atoms. The van der Waals surface area contributed by atoms with Crippen LogP contribution in [-0.4, -0.2) is 25.4 Å². The predicted molar refractivity (Wildman–Crippen MR) is 70.1 cm³/mol. The maximum Gasteiger partial charge on any atom is -0.00738 e. The van der Waals surface area contributed by atoms with E-state index in [0.717, 1.165) is 25.9 Å². The van der Waals surface area contributed by atoms with Gasteiger partial charge in [0.05, 0.1) is 0 Å². The van der Waals surface area contributed by atoms with Crippen LogP contribution >= 0.6 is 7.92 Å². The van der Waals surface area contributed by atoms with Gasteiger partial charge in [0.25, 0.3) is 0 Å². The summed E-state index contributed by atoms with van der Waals surface area (Å²) in [5, 5.41) is 1.49. The van der Waals surface area contributed by atoms with E-state index in [1.54, 1.807) is 0 Å². The van der Waals surface area contributed by atoms with E-state index in [1.165, 1.54) is 17.6 Å². The lowest BCUT2D eigenvalue weighted by Gasteiger charge is -2.17. The van der Waals surface area contributed by atoms with Crippen molar-refractivity contribution < 1.29 is 0 Å². The second-order valence-electron chi connectivity index (χ2n) is 3.61. The summed E-state index contributed by atoms with van der Waals surface area (Å²) >= 11 is 0. The van der Waals surface area contributed by atoms with Gasteiger partial charge in [0, 0.05) is 0 Å². The Hall–Kier alpha value is -0.430. The molecule has 0 fully saturated rings. The Kier molecular flexibility index (Phi) is 6.58. The van der Waals surface area contributed by atoms with Gasteiger partial charge in [0.15, 0.2) is 0 Å². The predicted octanol–water partition coefficient (Wildman–Crippen LogP) is 1.49. The SMILES string of the molecule is NCCCP(CCCN)c1ccccc1. The zero-order chi connectivity index (χ0) is 10.9. The fourth-order valence-corrected chi connectivity index (χ4v) is 4.04. The van der Waals surface area contributed by atoms with Crippen LogP contribution in [0, 0.1) is 0 Å². The molecule has 3 heteroatoms. The first-order valence-electron chi connectivity index (χ1n) is 5.58. The molecule has 4 N–H and O–H groups in total. The topological polar surface area (TPSA) is 52.0 Å². The monoisotopic (exact) mass is 224 g/mol. The van der Waals surface area contributed by atoms with Crippen molar-refractivity contribution in [1.29, 1.82) is 0 Å². The van der Waals surface area contributed by atoms with Gasteiger partial charge in [-0.1, -0.05) is 38.3 Å². The fraction of sp³-hybridized carbons (Fsp3) is 0.500. The smallest absolute Gasteiger partial charge is 0.00738 e. The molecule has 84 valence electrons.